The van der Waals surface area contributed by atoms with Gasteiger partial charge in [0, 0.05) is 6.04 Å². The first-order chi connectivity index (χ1) is 8.66. The van der Waals surface area contributed by atoms with Gasteiger partial charge in [-0.05, 0) is 34.9 Å². The Kier molecular flexibility index (Phi) is 5.03. The molecule has 0 aromatic heterocycles. The van der Waals surface area contributed by atoms with Crippen molar-refractivity contribution < 1.29 is 4.74 Å². The van der Waals surface area contributed by atoms with E-state index in [1.807, 2.05) is 12.1 Å². The molecule has 2 N–H and O–H groups in total. The van der Waals surface area contributed by atoms with Crippen LogP contribution in [0.4, 0.5) is 0 Å². The topological polar surface area (TPSA) is 35.2 Å². The van der Waals surface area contributed by atoms with Crippen LogP contribution in [0.2, 0.25) is 0 Å². The molecular weight excluding hydrogens is 234 g/mol. The second kappa shape index (κ2) is 5.96. The second-order valence-corrected chi connectivity index (χ2v) is 7.05. The van der Waals surface area contributed by atoms with Crippen molar-refractivity contribution in [2.45, 2.75) is 59.4 Å². The number of nitrogens with two attached hydrogens (primary N) is 1. The summed E-state index contributed by atoms with van der Waals surface area (Å²) < 4.78 is 5.77. The molecule has 0 radical (unpaired) electrons. The van der Waals surface area contributed by atoms with E-state index < -0.39 is 0 Å². The van der Waals surface area contributed by atoms with Gasteiger partial charge in [0.05, 0.1) is 0 Å². The Morgan fingerprint density at radius 2 is 1.58 bits per heavy atom. The first kappa shape index (κ1) is 16.0. The van der Waals surface area contributed by atoms with Gasteiger partial charge in [0.2, 0.25) is 0 Å². The molecule has 0 fully saturated rings. The molecule has 0 aliphatic carbocycles. The first-order valence-electron chi connectivity index (χ1n) is 7.16. The van der Waals surface area contributed by atoms with Gasteiger partial charge in [-0.2, -0.15) is 0 Å². The third-order valence-corrected chi connectivity index (χ3v) is 4.06. The van der Waals surface area contributed by atoms with Crippen LogP contribution in [0.1, 0.15) is 53.5 Å². The fraction of sp³-hybridized carbons (Fsp3) is 0.647. The van der Waals surface area contributed by atoms with Crippen molar-refractivity contribution >= 4 is 0 Å². The monoisotopic (exact) mass is 263 g/mol. The van der Waals surface area contributed by atoms with E-state index >= 15 is 0 Å². The molecule has 1 unspecified atom stereocenters. The molecule has 19 heavy (non-hydrogen) atoms. The van der Waals surface area contributed by atoms with E-state index in [4.69, 9.17) is 10.5 Å². The highest BCUT2D eigenvalue weighted by Gasteiger charge is 2.21. The maximum absolute atomic E-state index is 6.09. The Hall–Kier alpha value is -1.02. The summed E-state index contributed by atoms with van der Waals surface area (Å²) in [5.41, 5.74) is 7.74. The predicted octanol–water partition coefficient (Wildman–Crippen LogP) is 4.13. The lowest BCUT2D eigenvalue weighted by atomic mass is 9.82. The molecule has 0 bridgehead atoms. The van der Waals surface area contributed by atoms with E-state index in [0.717, 1.165) is 12.2 Å². The Bertz CT molecular complexity index is 387. The van der Waals surface area contributed by atoms with E-state index in [1.54, 1.807) is 0 Å². The van der Waals surface area contributed by atoms with Crippen LogP contribution >= 0.6 is 0 Å². The average molecular weight is 263 g/mol. The number of ether oxygens (including phenoxy) is 1. The molecule has 1 aromatic carbocycles. The zero-order valence-corrected chi connectivity index (χ0v) is 13.3. The van der Waals surface area contributed by atoms with Crippen molar-refractivity contribution in [1.82, 2.24) is 0 Å². The largest absolute Gasteiger partial charge is 0.492 e. The van der Waals surface area contributed by atoms with Crippen LogP contribution in [0.5, 0.6) is 5.75 Å². The van der Waals surface area contributed by atoms with Gasteiger partial charge in [0.15, 0.2) is 0 Å². The summed E-state index contributed by atoms with van der Waals surface area (Å²) in [5, 5.41) is 0. The molecule has 2 heteroatoms. The lowest BCUT2D eigenvalue weighted by molar-refractivity contribution is 0.205. The number of benzene rings is 1. The molecular formula is C17H29NO. The van der Waals surface area contributed by atoms with Crippen molar-refractivity contribution in [1.29, 1.82) is 0 Å². The van der Waals surface area contributed by atoms with Crippen LogP contribution in [0.3, 0.4) is 0 Å². The van der Waals surface area contributed by atoms with Crippen LogP contribution < -0.4 is 10.5 Å². The Morgan fingerprint density at radius 1 is 1.05 bits per heavy atom. The molecule has 0 aliphatic heterocycles. The molecule has 108 valence electrons. The van der Waals surface area contributed by atoms with Gasteiger partial charge in [-0.25, -0.2) is 0 Å². The van der Waals surface area contributed by atoms with E-state index in [2.05, 4.69) is 53.7 Å². The van der Waals surface area contributed by atoms with Crippen molar-refractivity contribution in [2.75, 3.05) is 6.61 Å². The fourth-order valence-corrected chi connectivity index (χ4v) is 1.64. The van der Waals surface area contributed by atoms with Crippen LogP contribution in [0, 0.1) is 5.41 Å². The SMILES string of the molecule is CCC(C)(C)c1ccc(OCC(N)C(C)(C)C)cc1. The Morgan fingerprint density at radius 3 is 2.00 bits per heavy atom. The third kappa shape index (κ3) is 4.54. The number of rotatable bonds is 5. The van der Waals surface area contributed by atoms with Crippen LogP contribution in [0.25, 0.3) is 0 Å². The molecule has 0 saturated carbocycles. The zero-order chi connectivity index (χ0) is 14.7. The summed E-state index contributed by atoms with van der Waals surface area (Å²) in [6, 6.07) is 8.44. The summed E-state index contributed by atoms with van der Waals surface area (Å²) in [4.78, 5) is 0. The molecule has 2 nitrogen and oxygen atoms in total. The summed E-state index contributed by atoms with van der Waals surface area (Å²) in [6.07, 6.45) is 1.13. The van der Waals surface area contributed by atoms with Crippen LogP contribution in [-0.2, 0) is 5.41 Å². The summed E-state index contributed by atoms with van der Waals surface area (Å²) in [7, 11) is 0. The smallest absolute Gasteiger partial charge is 0.119 e. The highest BCUT2D eigenvalue weighted by Crippen LogP contribution is 2.28. The van der Waals surface area contributed by atoms with Gasteiger partial charge in [0.1, 0.15) is 12.4 Å². The highest BCUT2D eigenvalue weighted by molar-refractivity contribution is 5.31. The molecule has 0 heterocycles. The minimum absolute atomic E-state index is 0.0410. The maximum atomic E-state index is 6.09. The number of hydrogen-bond donors (Lipinski definition) is 1. The van der Waals surface area contributed by atoms with E-state index in [-0.39, 0.29) is 16.9 Å². The summed E-state index contributed by atoms with van der Waals surface area (Å²) >= 11 is 0. The highest BCUT2D eigenvalue weighted by atomic mass is 16.5. The zero-order valence-electron chi connectivity index (χ0n) is 13.3. The molecule has 1 rings (SSSR count). The van der Waals surface area contributed by atoms with Gasteiger partial charge in [-0.15, -0.1) is 0 Å². The summed E-state index contributed by atoms with van der Waals surface area (Å²) in [6.45, 7) is 13.7. The second-order valence-electron chi connectivity index (χ2n) is 7.05. The quantitative estimate of drug-likeness (QED) is 0.867. The normalized spacial score (nSPS) is 14.3. The minimum atomic E-state index is 0.0410. The van der Waals surface area contributed by atoms with E-state index in [1.165, 1.54) is 5.56 Å². The molecule has 1 aromatic rings. The Labute approximate surface area is 118 Å². The van der Waals surface area contributed by atoms with Gasteiger partial charge in [-0.3, -0.25) is 0 Å². The first-order valence-corrected chi connectivity index (χ1v) is 7.16. The van der Waals surface area contributed by atoms with Crippen molar-refractivity contribution in [2.24, 2.45) is 11.1 Å². The lowest BCUT2D eigenvalue weighted by Crippen LogP contribution is -2.40. The fourth-order valence-electron chi connectivity index (χ4n) is 1.64. The van der Waals surface area contributed by atoms with Crippen molar-refractivity contribution in [3.8, 4) is 5.75 Å². The Balaban J connectivity index is 2.63. The number of hydrogen-bond acceptors (Lipinski definition) is 2. The van der Waals surface area contributed by atoms with Gasteiger partial charge in [0.25, 0.3) is 0 Å². The van der Waals surface area contributed by atoms with Crippen molar-refractivity contribution in [3.63, 3.8) is 0 Å². The third-order valence-electron chi connectivity index (χ3n) is 4.06. The average Bonchev–Trinajstić information content (AvgIpc) is 2.35. The van der Waals surface area contributed by atoms with Gasteiger partial charge < -0.3 is 10.5 Å². The van der Waals surface area contributed by atoms with Crippen LogP contribution in [0.15, 0.2) is 24.3 Å². The van der Waals surface area contributed by atoms with Gasteiger partial charge >= 0.3 is 0 Å². The molecule has 0 spiro atoms. The van der Waals surface area contributed by atoms with Crippen molar-refractivity contribution in [3.05, 3.63) is 29.8 Å². The standard InChI is InChI=1S/C17H29NO/c1-7-17(5,6)13-8-10-14(11-9-13)19-12-15(18)16(2,3)4/h8-11,15H,7,12,18H2,1-6H3. The molecule has 0 saturated heterocycles. The van der Waals surface area contributed by atoms with E-state index in [9.17, 15) is 0 Å². The molecule has 0 aliphatic rings. The minimum Gasteiger partial charge on any atom is -0.492 e. The molecule has 1 atom stereocenters. The summed E-state index contributed by atoms with van der Waals surface area (Å²) in [5.74, 6) is 0.898. The molecule has 0 amide bonds. The van der Waals surface area contributed by atoms with Gasteiger partial charge in [-0.1, -0.05) is 53.7 Å². The lowest BCUT2D eigenvalue weighted by Gasteiger charge is -2.27. The van der Waals surface area contributed by atoms with E-state index in [0.29, 0.717) is 6.61 Å². The maximum Gasteiger partial charge on any atom is 0.119 e. The van der Waals surface area contributed by atoms with Crippen LogP contribution in [-0.4, -0.2) is 12.6 Å². The predicted molar refractivity (Wildman–Crippen MR) is 82.7 cm³/mol.